The van der Waals surface area contributed by atoms with Crippen LogP contribution in [0.3, 0.4) is 0 Å². The van der Waals surface area contributed by atoms with Gasteiger partial charge in [-0.25, -0.2) is 0 Å². The van der Waals surface area contributed by atoms with Gasteiger partial charge in [-0.15, -0.1) is 0 Å². The maximum atomic E-state index is 12.5. The fourth-order valence-corrected chi connectivity index (χ4v) is 2.59. The van der Waals surface area contributed by atoms with Crippen LogP contribution in [0.25, 0.3) is 0 Å². The normalized spacial score (nSPS) is 19.6. The van der Waals surface area contributed by atoms with E-state index in [0.717, 1.165) is 15.7 Å². The summed E-state index contributed by atoms with van der Waals surface area (Å²) in [7, 11) is 0. The highest BCUT2D eigenvalue weighted by atomic mass is 79.9. The first-order valence-electron chi connectivity index (χ1n) is 7.04. The molecule has 0 fully saturated rings. The van der Waals surface area contributed by atoms with Crippen LogP contribution in [-0.2, 0) is 4.79 Å². The molecular formula is C17H16BrNO3. The average molecular weight is 362 g/mol. The fourth-order valence-electron chi connectivity index (χ4n) is 2.34. The Bertz CT molecular complexity index is 717. The number of rotatable bonds is 2. The highest BCUT2D eigenvalue weighted by Crippen LogP contribution is 2.33. The Kier molecular flexibility index (Phi) is 4.07. The van der Waals surface area contributed by atoms with Crippen LogP contribution in [-0.4, -0.2) is 18.1 Å². The van der Waals surface area contributed by atoms with Crippen molar-refractivity contribution in [3.8, 4) is 11.5 Å². The van der Waals surface area contributed by atoms with E-state index in [9.17, 15) is 4.79 Å². The smallest absolute Gasteiger partial charge is 0.269 e. The molecule has 0 saturated heterocycles. The number of aryl methyl sites for hydroxylation is 1. The van der Waals surface area contributed by atoms with E-state index < -0.39 is 6.10 Å². The van der Waals surface area contributed by atoms with Crippen molar-refractivity contribution < 1.29 is 14.3 Å². The van der Waals surface area contributed by atoms with Crippen molar-refractivity contribution in [3.63, 3.8) is 0 Å². The van der Waals surface area contributed by atoms with Crippen LogP contribution < -0.4 is 14.8 Å². The number of halogens is 1. The summed E-state index contributed by atoms with van der Waals surface area (Å²) in [6.07, 6.45) is -1.04. The van der Waals surface area contributed by atoms with Crippen LogP contribution in [0.15, 0.2) is 46.9 Å². The van der Waals surface area contributed by atoms with Crippen LogP contribution in [0.1, 0.15) is 12.5 Å². The van der Waals surface area contributed by atoms with Gasteiger partial charge in [0.25, 0.3) is 5.91 Å². The molecule has 2 atom stereocenters. The van der Waals surface area contributed by atoms with Gasteiger partial charge in [-0.1, -0.05) is 28.1 Å². The van der Waals surface area contributed by atoms with Gasteiger partial charge in [-0.3, -0.25) is 4.79 Å². The van der Waals surface area contributed by atoms with Gasteiger partial charge in [-0.2, -0.15) is 0 Å². The summed E-state index contributed by atoms with van der Waals surface area (Å²) in [4.78, 5) is 12.5. The van der Waals surface area contributed by atoms with E-state index in [2.05, 4.69) is 21.2 Å². The van der Waals surface area contributed by atoms with Gasteiger partial charge in [0, 0.05) is 10.2 Å². The van der Waals surface area contributed by atoms with E-state index in [4.69, 9.17) is 9.47 Å². The van der Waals surface area contributed by atoms with Gasteiger partial charge in [0.05, 0.1) is 0 Å². The molecule has 114 valence electrons. The molecule has 5 heteroatoms. The first-order valence-corrected chi connectivity index (χ1v) is 7.83. The molecular weight excluding hydrogens is 346 g/mol. The number of carbonyl (C=O) groups excluding carboxylic acids is 1. The highest BCUT2D eigenvalue weighted by molar-refractivity contribution is 9.10. The van der Waals surface area contributed by atoms with E-state index in [1.54, 1.807) is 6.07 Å². The molecule has 1 heterocycles. The van der Waals surface area contributed by atoms with Crippen molar-refractivity contribution in [2.45, 2.75) is 26.1 Å². The van der Waals surface area contributed by atoms with E-state index in [1.807, 2.05) is 50.2 Å². The lowest BCUT2D eigenvalue weighted by atomic mass is 10.1. The number of hydrogen-bond acceptors (Lipinski definition) is 3. The van der Waals surface area contributed by atoms with Crippen LogP contribution in [0.5, 0.6) is 11.5 Å². The zero-order valence-electron chi connectivity index (χ0n) is 12.3. The second-order valence-corrected chi connectivity index (χ2v) is 6.12. The Balaban J connectivity index is 1.76. The van der Waals surface area contributed by atoms with Gasteiger partial charge < -0.3 is 14.8 Å². The molecule has 4 nitrogen and oxygen atoms in total. The number of nitrogens with one attached hydrogen (secondary N) is 1. The summed E-state index contributed by atoms with van der Waals surface area (Å²) in [6, 6.07) is 13.0. The number of hydrogen-bond donors (Lipinski definition) is 1. The molecule has 1 N–H and O–H groups in total. The van der Waals surface area contributed by atoms with E-state index >= 15 is 0 Å². The first kappa shape index (κ1) is 14.9. The van der Waals surface area contributed by atoms with Crippen molar-refractivity contribution in [1.82, 2.24) is 0 Å². The monoisotopic (exact) mass is 361 g/mol. The quantitative estimate of drug-likeness (QED) is 0.881. The molecule has 1 amide bonds. The third kappa shape index (κ3) is 2.95. The zero-order chi connectivity index (χ0) is 15.7. The number of anilines is 1. The third-order valence-electron chi connectivity index (χ3n) is 3.53. The molecule has 2 unspecified atom stereocenters. The van der Waals surface area contributed by atoms with Crippen molar-refractivity contribution in [2.75, 3.05) is 5.32 Å². The van der Waals surface area contributed by atoms with E-state index in [1.165, 1.54) is 0 Å². The van der Waals surface area contributed by atoms with Gasteiger partial charge in [0.1, 0.15) is 6.10 Å². The Morgan fingerprint density at radius 1 is 1.14 bits per heavy atom. The summed E-state index contributed by atoms with van der Waals surface area (Å²) in [5.74, 6) is 1.04. The summed E-state index contributed by atoms with van der Waals surface area (Å²) in [5, 5.41) is 2.88. The first-order chi connectivity index (χ1) is 10.5. The SMILES string of the molecule is Cc1cc(NC(=O)C2Oc3ccccc3OC2C)ccc1Br. The molecule has 1 aliphatic heterocycles. The van der Waals surface area contributed by atoms with Crippen LogP contribution in [0.2, 0.25) is 0 Å². The summed E-state index contributed by atoms with van der Waals surface area (Å²) < 4.78 is 12.5. The third-order valence-corrected chi connectivity index (χ3v) is 4.42. The lowest BCUT2D eigenvalue weighted by molar-refractivity contribution is -0.128. The number of benzene rings is 2. The Morgan fingerprint density at radius 2 is 1.82 bits per heavy atom. The molecule has 2 aromatic rings. The Hall–Kier alpha value is -2.01. The lowest BCUT2D eigenvalue weighted by Gasteiger charge is -2.31. The molecule has 0 radical (unpaired) electrons. The van der Waals surface area contributed by atoms with Crippen molar-refractivity contribution in [3.05, 3.63) is 52.5 Å². The van der Waals surface area contributed by atoms with Gasteiger partial charge >= 0.3 is 0 Å². The maximum Gasteiger partial charge on any atom is 0.269 e. The molecule has 0 bridgehead atoms. The van der Waals surface area contributed by atoms with Gasteiger partial charge in [0.2, 0.25) is 6.10 Å². The summed E-state index contributed by atoms with van der Waals surface area (Å²) in [5.41, 5.74) is 1.79. The second-order valence-electron chi connectivity index (χ2n) is 5.26. The van der Waals surface area contributed by atoms with E-state index in [0.29, 0.717) is 11.5 Å². The van der Waals surface area contributed by atoms with Crippen molar-refractivity contribution in [2.24, 2.45) is 0 Å². The number of amides is 1. The molecule has 0 saturated carbocycles. The lowest BCUT2D eigenvalue weighted by Crippen LogP contribution is -2.46. The van der Waals surface area contributed by atoms with Crippen LogP contribution in [0, 0.1) is 6.92 Å². The molecule has 22 heavy (non-hydrogen) atoms. The molecule has 1 aliphatic rings. The van der Waals surface area contributed by atoms with E-state index in [-0.39, 0.29) is 12.0 Å². The second kappa shape index (κ2) is 6.01. The topological polar surface area (TPSA) is 47.6 Å². The van der Waals surface area contributed by atoms with Crippen LogP contribution >= 0.6 is 15.9 Å². The minimum Gasteiger partial charge on any atom is -0.482 e. The van der Waals surface area contributed by atoms with Crippen LogP contribution in [0.4, 0.5) is 5.69 Å². The largest absolute Gasteiger partial charge is 0.482 e. The maximum absolute atomic E-state index is 12.5. The fraction of sp³-hybridized carbons (Fsp3) is 0.235. The molecule has 0 aromatic heterocycles. The predicted octanol–water partition coefficient (Wildman–Crippen LogP) is 3.92. The predicted molar refractivity (Wildman–Crippen MR) is 88.5 cm³/mol. The number of ether oxygens (including phenoxy) is 2. The minimum absolute atomic E-state index is 0.219. The molecule has 2 aromatic carbocycles. The highest BCUT2D eigenvalue weighted by Gasteiger charge is 2.34. The van der Waals surface area contributed by atoms with Gasteiger partial charge in [-0.05, 0) is 49.7 Å². The Morgan fingerprint density at radius 3 is 2.50 bits per heavy atom. The minimum atomic E-state index is -0.682. The standard InChI is InChI=1S/C17H16BrNO3/c1-10-9-12(7-8-13(10)18)19-17(20)16-11(2)21-14-5-3-4-6-15(14)22-16/h3-9,11,16H,1-2H3,(H,19,20). The average Bonchev–Trinajstić information content (AvgIpc) is 2.50. The molecule has 0 spiro atoms. The summed E-state index contributed by atoms with van der Waals surface area (Å²) >= 11 is 3.44. The molecule has 3 rings (SSSR count). The Labute approximate surface area is 137 Å². The number of fused-ring (bicyclic) bond motifs is 1. The van der Waals surface area contributed by atoms with Gasteiger partial charge in [0.15, 0.2) is 11.5 Å². The number of para-hydroxylation sites is 2. The molecule has 0 aliphatic carbocycles. The summed E-state index contributed by atoms with van der Waals surface area (Å²) in [6.45, 7) is 3.80. The zero-order valence-corrected chi connectivity index (χ0v) is 13.9. The number of carbonyl (C=O) groups is 1. The van der Waals surface area contributed by atoms with Crippen molar-refractivity contribution >= 4 is 27.5 Å². The van der Waals surface area contributed by atoms with Crippen molar-refractivity contribution in [1.29, 1.82) is 0 Å².